The maximum atomic E-state index is 10.1. The van der Waals surface area contributed by atoms with Gasteiger partial charge in [0.2, 0.25) is 0 Å². The van der Waals surface area contributed by atoms with E-state index in [2.05, 4.69) is 10.3 Å². The molecule has 0 unspecified atom stereocenters. The number of hydrogen-bond donors (Lipinski definition) is 2. The summed E-state index contributed by atoms with van der Waals surface area (Å²) in [7, 11) is 0. The van der Waals surface area contributed by atoms with Crippen LogP contribution in [0.15, 0.2) is 42.5 Å². The van der Waals surface area contributed by atoms with E-state index in [1.165, 1.54) is 0 Å². The summed E-state index contributed by atoms with van der Waals surface area (Å²) < 4.78 is 0. The first-order valence-electron chi connectivity index (χ1n) is 6.07. The molecule has 0 aliphatic heterocycles. The fraction of sp³-hybridized carbons (Fsp3) is 0.267. The molecule has 1 aromatic carbocycles. The average Bonchev–Trinajstić information content (AvgIpc) is 2.36. The van der Waals surface area contributed by atoms with Gasteiger partial charge in [-0.15, -0.1) is 0 Å². The van der Waals surface area contributed by atoms with Gasteiger partial charge >= 0.3 is 0 Å². The highest BCUT2D eigenvalue weighted by Gasteiger charge is 2.07. The lowest BCUT2D eigenvalue weighted by Crippen LogP contribution is -2.13. The average molecular weight is 242 g/mol. The second-order valence-electron chi connectivity index (χ2n) is 4.48. The molecule has 3 nitrogen and oxygen atoms in total. The number of benzene rings is 1. The summed E-state index contributed by atoms with van der Waals surface area (Å²) >= 11 is 0. The smallest absolute Gasteiger partial charge is 0.126 e. The molecular formula is C15H18N2O. The molecule has 2 N–H and O–H groups in total. The van der Waals surface area contributed by atoms with Gasteiger partial charge in [0.15, 0.2) is 0 Å². The van der Waals surface area contributed by atoms with Gasteiger partial charge in [0.25, 0.3) is 0 Å². The van der Waals surface area contributed by atoms with Crippen molar-refractivity contribution in [2.45, 2.75) is 20.0 Å². The molecule has 0 saturated carbocycles. The molecule has 2 rings (SSSR count). The van der Waals surface area contributed by atoms with Gasteiger partial charge in [-0.1, -0.05) is 35.9 Å². The SMILES string of the molecule is Cc1cccc([C@@H](O)CNc2cccc(C)n2)c1. The molecular weight excluding hydrogens is 224 g/mol. The lowest BCUT2D eigenvalue weighted by atomic mass is 10.1. The number of nitrogens with one attached hydrogen (secondary N) is 1. The van der Waals surface area contributed by atoms with Crippen LogP contribution in [-0.4, -0.2) is 16.6 Å². The number of hydrogen-bond acceptors (Lipinski definition) is 3. The third kappa shape index (κ3) is 3.31. The van der Waals surface area contributed by atoms with E-state index in [0.29, 0.717) is 6.54 Å². The van der Waals surface area contributed by atoms with E-state index < -0.39 is 6.10 Å². The minimum atomic E-state index is -0.521. The lowest BCUT2D eigenvalue weighted by molar-refractivity contribution is 0.191. The van der Waals surface area contributed by atoms with Gasteiger partial charge in [-0.25, -0.2) is 4.98 Å². The van der Waals surface area contributed by atoms with E-state index in [4.69, 9.17) is 0 Å². The van der Waals surface area contributed by atoms with Crippen LogP contribution < -0.4 is 5.32 Å². The molecule has 0 aliphatic rings. The Bertz CT molecular complexity index is 525. The van der Waals surface area contributed by atoms with Crippen LogP contribution in [0.25, 0.3) is 0 Å². The van der Waals surface area contributed by atoms with Crippen molar-refractivity contribution in [3.8, 4) is 0 Å². The number of aliphatic hydroxyl groups is 1. The van der Waals surface area contributed by atoms with Gasteiger partial charge in [0.1, 0.15) is 5.82 Å². The zero-order chi connectivity index (χ0) is 13.0. The van der Waals surface area contributed by atoms with E-state index in [1.807, 2.05) is 56.3 Å². The number of aliphatic hydroxyl groups excluding tert-OH is 1. The summed E-state index contributed by atoms with van der Waals surface area (Å²) in [4.78, 5) is 4.33. The molecule has 0 saturated heterocycles. The van der Waals surface area contributed by atoms with Crippen molar-refractivity contribution in [1.29, 1.82) is 0 Å². The summed E-state index contributed by atoms with van der Waals surface area (Å²) in [5.74, 6) is 0.793. The van der Waals surface area contributed by atoms with Crippen molar-refractivity contribution in [3.05, 3.63) is 59.3 Å². The van der Waals surface area contributed by atoms with Gasteiger partial charge in [-0.3, -0.25) is 0 Å². The number of aryl methyl sites for hydroxylation is 2. The van der Waals surface area contributed by atoms with Gasteiger partial charge in [-0.05, 0) is 31.5 Å². The molecule has 3 heteroatoms. The molecule has 0 bridgehead atoms. The van der Waals surface area contributed by atoms with Crippen molar-refractivity contribution in [1.82, 2.24) is 4.98 Å². The first-order chi connectivity index (χ1) is 8.65. The number of anilines is 1. The van der Waals surface area contributed by atoms with Crippen LogP contribution in [0.2, 0.25) is 0 Å². The first kappa shape index (κ1) is 12.6. The molecule has 1 aromatic heterocycles. The van der Waals surface area contributed by atoms with Crippen LogP contribution in [-0.2, 0) is 0 Å². The lowest BCUT2D eigenvalue weighted by Gasteiger charge is -2.13. The van der Waals surface area contributed by atoms with E-state index in [1.54, 1.807) is 0 Å². The topological polar surface area (TPSA) is 45.1 Å². The Morgan fingerprint density at radius 1 is 1.17 bits per heavy atom. The van der Waals surface area contributed by atoms with Crippen LogP contribution in [0.3, 0.4) is 0 Å². The Labute approximate surface area is 108 Å². The Hall–Kier alpha value is -1.87. The predicted molar refractivity (Wildman–Crippen MR) is 73.6 cm³/mol. The third-order valence-electron chi connectivity index (χ3n) is 2.79. The highest BCUT2D eigenvalue weighted by molar-refractivity contribution is 5.36. The van der Waals surface area contributed by atoms with Gasteiger partial charge in [0, 0.05) is 12.2 Å². The molecule has 0 spiro atoms. The molecule has 2 aromatic rings. The predicted octanol–water partition coefficient (Wildman–Crippen LogP) is 2.84. The normalized spacial score (nSPS) is 12.2. The van der Waals surface area contributed by atoms with E-state index in [-0.39, 0.29) is 0 Å². The molecule has 1 heterocycles. The van der Waals surface area contributed by atoms with Gasteiger partial charge < -0.3 is 10.4 Å². The van der Waals surface area contributed by atoms with Crippen molar-refractivity contribution in [2.75, 3.05) is 11.9 Å². The summed E-state index contributed by atoms with van der Waals surface area (Å²) in [6.07, 6.45) is -0.521. The third-order valence-corrected chi connectivity index (χ3v) is 2.79. The maximum Gasteiger partial charge on any atom is 0.126 e. The molecule has 0 fully saturated rings. The molecule has 1 atom stereocenters. The van der Waals surface area contributed by atoms with Crippen molar-refractivity contribution in [2.24, 2.45) is 0 Å². The van der Waals surface area contributed by atoms with Crippen molar-refractivity contribution < 1.29 is 5.11 Å². The highest BCUT2D eigenvalue weighted by Crippen LogP contribution is 2.15. The van der Waals surface area contributed by atoms with Crippen LogP contribution in [0.5, 0.6) is 0 Å². The molecule has 18 heavy (non-hydrogen) atoms. The van der Waals surface area contributed by atoms with Crippen LogP contribution in [0.4, 0.5) is 5.82 Å². The Balaban J connectivity index is 1.98. The highest BCUT2D eigenvalue weighted by atomic mass is 16.3. The first-order valence-corrected chi connectivity index (χ1v) is 6.07. The number of rotatable bonds is 4. The van der Waals surface area contributed by atoms with Crippen molar-refractivity contribution >= 4 is 5.82 Å². The second kappa shape index (κ2) is 5.65. The quantitative estimate of drug-likeness (QED) is 0.866. The van der Waals surface area contributed by atoms with Gasteiger partial charge in [0.05, 0.1) is 6.10 Å². The van der Waals surface area contributed by atoms with Crippen LogP contribution >= 0.6 is 0 Å². The Morgan fingerprint density at radius 3 is 2.67 bits per heavy atom. The number of aromatic nitrogens is 1. The van der Waals surface area contributed by atoms with E-state index in [9.17, 15) is 5.11 Å². The molecule has 0 aliphatic carbocycles. The van der Waals surface area contributed by atoms with Gasteiger partial charge in [-0.2, -0.15) is 0 Å². The molecule has 94 valence electrons. The molecule has 0 radical (unpaired) electrons. The Morgan fingerprint density at radius 2 is 1.94 bits per heavy atom. The number of pyridine rings is 1. The van der Waals surface area contributed by atoms with Crippen molar-refractivity contribution in [3.63, 3.8) is 0 Å². The summed E-state index contributed by atoms with van der Waals surface area (Å²) in [6.45, 7) is 4.42. The number of nitrogens with zero attached hydrogens (tertiary/aromatic N) is 1. The summed E-state index contributed by atoms with van der Waals surface area (Å²) in [5.41, 5.74) is 3.04. The van der Waals surface area contributed by atoms with Crippen LogP contribution in [0.1, 0.15) is 22.9 Å². The maximum absolute atomic E-state index is 10.1. The van der Waals surface area contributed by atoms with Crippen LogP contribution in [0, 0.1) is 13.8 Å². The minimum Gasteiger partial charge on any atom is -0.387 e. The molecule has 0 amide bonds. The second-order valence-corrected chi connectivity index (χ2v) is 4.48. The fourth-order valence-corrected chi connectivity index (χ4v) is 1.84. The fourth-order valence-electron chi connectivity index (χ4n) is 1.84. The summed E-state index contributed by atoms with van der Waals surface area (Å²) in [5, 5.41) is 13.2. The largest absolute Gasteiger partial charge is 0.387 e. The standard InChI is InChI=1S/C15H18N2O/c1-11-5-3-7-13(9-11)14(18)10-16-15-8-4-6-12(2)17-15/h3-9,14,18H,10H2,1-2H3,(H,16,17)/t14-/m0/s1. The van der Waals surface area contributed by atoms with E-state index in [0.717, 1.165) is 22.6 Å². The zero-order valence-electron chi connectivity index (χ0n) is 10.7. The minimum absolute atomic E-state index is 0.458. The summed E-state index contributed by atoms with van der Waals surface area (Å²) in [6, 6.07) is 13.7. The Kier molecular flexibility index (Phi) is 3.95. The zero-order valence-corrected chi connectivity index (χ0v) is 10.7. The van der Waals surface area contributed by atoms with E-state index >= 15 is 0 Å². The monoisotopic (exact) mass is 242 g/mol.